The van der Waals surface area contributed by atoms with E-state index in [0.29, 0.717) is 18.4 Å². The highest BCUT2D eigenvalue weighted by atomic mass is 32.1. The van der Waals surface area contributed by atoms with Crippen molar-refractivity contribution in [2.24, 2.45) is 0 Å². The maximum atomic E-state index is 11.7. The molecular formula is C13H11O4PS. The van der Waals surface area contributed by atoms with E-state index in [1.165, 1.54) is 25.6 Å². The van der Waals surface area contributed by atoms with Crippen LogP contribution in [0.15, 0.2) is 30.3 Å². The summed E-state index contributed by atoms with van der Waals surface area (Å²) in [5, 5.41) is 0.332. The molecule has 1 heterocycles. The molecule has 0 aliphatic carbocycles. The highest BCUT2D eigenvalue weighted by Gasteiger charge is 2.23. The quantitative estimate of drug-likeness (QED) is 0.812. The van der Waals surface area contributed by atoms with E-state index in [0.717, 1.165) is 10.2 Å². The monoisotopic (exact) mass is 294 g/mol. The van der Waals surface area contributed by atoms with Crippen LogP contribution in [0.4, 0.5) is 0 Å². The average Bonchev–Trinajstić information content (AvgIpc) is 2.91. The lowest BCUT2D eigenvalue weighted by Crippen LogP contribution is -2.06. The maximum absolute atomic E-state index is 11.7. The number of esters is 2. The van der Waals surface area contributed by atoms with Gasteiger partial charge < -0.3 is 9.47 Å². The Morgan fingerprint density at radius 3 is 2.26 bits per heavy atom. The van der Waals surface area contributed by atoms with E-state index in [-0.39, 0.29) is 0 Å². The fraction of sp³-hybridized carbons (Fsp3) is 0.154. The summed E-state index contributed by atoms with van der Waals surface area (Å²) in [6, 6.07) is 9.60. The molecule has 1 aromatic heterocycles. The summed E-state index contributed by atoms with van der Waals surface area (Å²) in [5.74, 6) is -1.01. The lowest BCUT2D eigenvalue weighted by molar-refractivity contribution is 0.0564. The molecule has 98 valence electrons. The van der Waals surface area contributed by atoms with Crippen LogP contribution >= 0.6 is 19.5 Å². The molecule has 0 amide bonds. The van der Waals surface area contributed by atoms with Gasteiger partial charge in [-0.15, -0.1) is 11.3 Å². The molecule has 0 spiro atoms. The number of hydrogen-bond donors (Lipinski definition) is 0. The van der Waals surface area contributed by atoms with Crippen LogP contribution in [-0.2, 0) is 9.47 Å². The Balaban J connectivity index is 2.52. The van der Waals surface area contributed by atoms with E-state index < -0.39 is 11.9 Å². The summed E-state index contributed by atoms with van der Waals surface area (Å²) >= 11 is 1.26. The minimum atomic E-state index is -0.510. The van der Waals surface area contributed by atoms with Crippen molar-refractivity contribution in [3.05, 3.63) is 40.5 Å². The molecule has 0 bridgehead atoms. The average molecular weight is 294 g/mol. The van der Waals surface area contributed by atoms with Gasteiger partial charge in [0.2, 0.25) is 0 Å². The largest absolute Gasteiger partial charge is 0.465 e. The zero-order valence-corrected chi connectivity index (χ0v) is 12.1. The predicted octanol–water partition coefficient (Wildman–Crippen LogP) is 3.57. The Kier molecular flexibility index (Phi) is 4.30. The van der Waals surface area contributed by atoms with E-state index in [1.807, 2.05) is 30.3 Å². The molecular weight excluding hydrogens is 283 g/mol. The molecule has 2 aromatic rings. The zero-order valence-electron chi connectivity index (χ0n) is 10.4. The first-order valence-corrected chi connectivity index (χ1v) is 7.11. The molecule has 0 aliphatic heterocycles. The van der Waals surface area contributed by atoms with E-state index in [1.54, 1.807) is 0 Å². The first kappa shape index (κ1) is 13.7. The summed E-state index contributed by atoms with van der Waals surface area (Å²) in [7, 11) is 3.26. The van der Waals surface area contributed by atoms with Gasteiger partial charge in [-0.05, 0) is 13.8 Å². The summed E-state index contributed by atoms with van der Waals surface area (Å²) in [6.45, 7) is 0. The van der Waals surface area contributed by atoms with Crippen LogP contribution in [0, 0.1) is 0 Å². The molecule has 4 nitrogen and oxygen atoms in total. The second-order valence-electron chi connectivity index (χ2n) is 3.55. The molecule has 19 heavy (non-hydrogen) atoms. The van der Waals surface area contributed by atoms with Crippen molar-refractivity contribution in [3.63, 3.8) is 0 Å². The molecule has 0 saturated carbocycles. The first-order valence-electron chi connectivity index (χ1n) is 5.40. The number of hydrogen-bond acceptors (Lipinski definition) is 5. The molecule has 0 atom stereocenters. The van der Waals surface area contributed by atoms with E-state index in [4.69, 9.17) is 9.47 Å². The van der Waals surface area contributed by atoms with E-state index in [9.17, 15) is 9.59 Å². The third kappa shape index (κ3) is 2.83. The van der Waals surface area contributed by atoms with Crippen LogP contribution in [0.5, 0.6) is 0 Å². The highest BCUT2D eigenvalue weighted by Crippen LogP contribution is 2.41. The molecule has 0 saturated heterocycles. The van der Waals surface area contributed by atoms with Crippen LogP contribution in [0.25, 0.3) is 10.2 Å². The summed E-state index contributed by atoms with van der Waals surface area (Å²) < 4.78 is 10.3. The minimum Gasteiger partial charge on any atom is -0.465 e. The summed E-state index contributed by atoms with van der Waals surface area (Å²) in [6.07, 6.45) is 0. The van der Waals surface area contributed by atoms with Gasteiger partial charge in [0.1, 0.15) is 10.2 Å². The molecule has 1 aromatic carbocycles. The van der Waals surface area contributed by atoms with E-state index in [2.05, 4.69) is 0 Å². The van der Waals surface area contributed by atoms with Crippen LogP contribution in [0.3, 0.4) is 0 Å². The van der Waals surface area contributed by atoms with Crippen molar-refractivity contribution < 1.29 is 19.1 Å². The molecule has 0 N–H and O–H groups in total. The summed E-state index contributed by atoms with van der Waals surface area (Å²) in [5.41, 5.74) is 0.981. The Hall–Kier alpha value is -1.71. The normalized spacial score (nSPS) is 10.4. The number of methoxy groups -OCH3 is 2. The molecule has 2 rings (SSSR count). The number of carbonyl (C=O) groups is 2. The van der Waals surface area contributed by atoms with Gasteiger partial charge in [-0.2, -0.15) is 0 Å². The highest BCUT2D eigenvalue weighted by molar-refractivity contribution is 7.49. The third-order valence-corrected chi connectivity index (χ3v) is 5.19. The molecule has 0 aliphatic rings. The molecule has 6 heteroatoms. The van der Waals surface area contributed by atoms with Crippen molar-refractivity contribution in [2.75, 3.05) is 14.2 Å². The fourth-order valence-corrected chi connectivity index (χ4v) is 4.15. The molecule has 0 fully saturated rings. The number of carbonyl (C=O) groups excluding carboxylic acids is 2. The number of ether oxygens (including phenoxy) is 2. The predicted molar refractivity (Wildman–Crippen MR) is 74.9 cm³/mol. The van der Waals surface area contributed by atoms with Crippen molar-refractivity contribution in [1.29, 1.82) is 0 Å². The second-order valence-corrected chi connectivity index (χ2v) is 5.99. The fourth-order valence-electron chi connectivity index (χ4n) is 1.49. The van der Waals surface area contributed by atoms with Crippen molar-refractivity contribution in [1.82, 2.24) is 0 Å². The van der Waals surface area contributed by atoms with Gasteiger partial charge >= 0.3 is 11.9 Å². The van der Waals surface area contributed by atoms with Crippen molar-refractivity contribution >= 4 is 31.5 Å². The second kappa shape index (κ2) is 5.95. The first-order chi connectivity index (χ1) is 9.17. The number of benzene rings is 1. The van der Waals surface area contributed by atoms with Crippen LogP contribution in [0.1, 0.15) is 19.8 Å². The van der Waals surface area contributed by atoms with Gasteiger partial charge in [0.25, 0.3) is 0 Å². The number of rotatable bonds is 3. The van der Waals surface area contributed by atoms with Crippen LogP contribution in [-0.4, -0.2) is 26.2 Å². The van der Waals surface area contributed by atoms with Crippen molar-refractivity contribution in [2.45, 2.75) is 0 Å². The van der Waals surface area contributed by atoms with Gasteiger partial charge in [0.15, 0.2) is 0 Å². The van der Waals surface area contributed by atoms with Gasteiger partial charge in [0, 0.05) is 0 Å². The standard InChI is InChI=1S/C13H11O4PS/c1-16-11(14)9-10(12(15)17-2)19-13(18-9)8-6-4-3-5-7-8/h3-7H,1-2H3. The van der Waals surface area contributed by atoms with Gasteiger partial charge in [-0.1, -0.05) is 30.3 Å². The van der Waals surface area contributed by atoms with E-state index >= 15 is 0 Å². The Morgan fingerprint density at radius 2 is 1.68 bits per heavy atom. The molecule has 0 radical (unpaired) electrons. The topological polar surface area (TPSA) is 52.6 Å². The lowest BCUT2D eigenvalue weighted by atomic mass is 10.2. The van der Waals surface area contributed by atoms with Crippen LogP contribution < -0.4 is 0 Å². The summed E-state index contributed by atoms with van der Waals surface area (Å²) in [4.78, 5) is 23.7. The Bertz CT molecular complexity index is 573. The third-order valence-electron chi connectivity index (χ3n) is 2.40. The SMILES string of the molecule is COC(=O)c1pc(-c2ccccc2)sc1C(=O)OC. The smallest absolute Gasteiger partial charge is 0.349 e. The lowest BCUT2D eigenvalue weighted by Gasteiger charge is -1.98. The van der Waals surface area contributed by atoms with Gasteiger partial charge in [0.05, 0.1) is 18.8 Å². The minimum absolute atomic E-state index is 0.301. The van der Waals surface area contributed by atoms with Gasteiger partial charge in [-0.25, -0.2) is 9.59 Å². The van der Waals surface area contributed by atoms with Crippen molar-refractivity contribution in [3.8, 4) is 10.2 Å². The maximum Gasteiger partial charge on any atom is 0.349 e. The molecule has 0 unspecified atom stereocenters. The Morgan fingerprint density at radius 1 is 1.05 bits per heavy atom. The van der Waals surface area contributed by atoms with Crippen LogP contribution in [0.2, 0.25) is 0 Å². The zero-order chi connectivity index (χ0) is 13.8. The van der Waals surface area contributed by atoms with Gasteiger partial charge in [-0.3, -0.25) is 0 Å². The Labute approximate surface area is 116 Å².